The van der Waals surface area contributed by atoms with Gasteiger partial charge in [0.15, 0.2) is 4.80 Å². The number of amides is 1. The van der Waals surface area contributed by atoms with Gasteiger partial charge in [-0.25, -0.2) is 0 Å². The number of ether oxygens (including phenoxy) is 1. The Bertz CT molecular complexity index is 1050. The SMILES string of the molecule is CCOCCn1c(=NC(=O)c2ccc([N+](=O)[O-])cc2)sc2cccc(C)c21. The Labute approximate surface area is 159 Å². The van der Waals surface area contributed by atoms with Gasteiger partial charge >= 0.3 is 0 Å². The Morgan fingerprint density at radius 2 is 2.00 bits per heavy atom. The largest absolute Gasteiger partial charge is 0.380 e. The van der Waals surface area contributed by atoms with E-state index in [1.165, 1.54) is 35.6 Å². The minimum atomic E-state index is -0.498. The van der Waals surface area contributed by atoms with Crippen molar-refractivity contribution < 1.29 is 14.5 Å². The molecule has 0 saturated carbocycles. The van der Waals surface area contributed by atoms with Gasteiger partial charge in [0.1, 0.15) is 0 Å². The maximum atomic E-state index is 12.6. The van der Waals surface area contributed by atoms with E-state index in [2.05, 4.69) is 4.99 Å². The number of fused-ring (bicyclic) bond motifs is 1. The van der Waals surface area contributed by atoms with Gasteiger partial charge in [-0.05, 0) is 37.6 Å². The maximum Gasteiger partial charge on any atom is 0.279 e. The van der Waals surface area contributed by atoms with Crippen LogP contribution >= 0.6 is 11.3 Å². The zero-order chi connectivity index (χ0) is 19.4. The molecule has 0 aliphatic rings. The number of hydrogen-bond donors (Lipinski definition) is 0. The Balaban J connectivity index is 2.03. The van der Waals surface area contributed by atoms with Crippen molar-refractivity contribution in [2.45, 2.75) is 20.4 Å². The highest BCUT2D eigenvalue weighted by atomic mass is 32.1. The van der Waals surface area contributed by atoms with Crippen molar-refractivity contribution in [1.29, 1.82) is 0 Å². The summed E-state index contributed by atoms with van der Waals surface area (Å²) in [6, 6.07) is 11.5. The molecule has 0 bridgehead atoms. The molecule has 140 valence electrons. The van der Waals surface area contributed by atoms with E-state index in [9.17, 15) is 14.9 Å². The number of benzene rings is 2. The van der Waals surface area contributed by atoms with Gasteiger partial charge < -0.3 is 9.30 Å². The average Bonchev–Trinajstić information content (AvgIpc) is 3.00. The van der Waals surface area contributed by atoms with Crippen molar-refractivity contribution in [3.63, 3.8) is 0 Å². The van der Waals surface area contributed by atoms with E-state index in [0.717, 1.165) is 15.8 Å². The average molecular weight is 385 g/mol. The fourth-order valence-electron chi connectivity index (χ4n) is 2.78. The first-order valence-corrected chi connectivity index (χ1v) is 9.33. The number of para-hydroxylation sites is 1. The second kappa shape index (κ2) is 8.24. The number of aromatic nitrogens is 1. The van der Waals surface area contributed by atoms with Gasteiger partial charge in [0.2, 0.25) is 0 Å². The standard InChI is InChI=1S/C19H19N3O4S/c1-3-26-12-11-21-17-13(2)5-4-6-16(17)27-19(21)20-18(23)14-7-9-15(10-8-14)22(24)25/h4-10H,3,11-12H2,1-2H3. The summed E-state index contributed by atoms with van der Waals surface area (Å²) in [5, 5.41) is 10.8. The molecule has 3 aromatic rings. The molecule has 0 saturated heterocycles. The monoisotopic (exact) mass is 385 g/mol. The number of thiazole rings is 1. The van der Waals surface area contributed by atoms with Crippen LogP contribution in [0.25, 0.3) is 10.2 Å². The minimum Gasteiger partial charge on any atom is -0.380 e. The Morgan fingerprint density at radius 3 is 2.67 bits per heavy atom. The van der Waals surface area contributed by atoms with Crippen LogP contribution in [-0.2, 0) is 11.3 Å². The van der Waals surface area contributed by atoms with Crippen LogP contribution in [0.5, 0.6) is 0 Å². The van der Waals surface area contributed by atoms with Crippen LogP contribution in [0.3, 0.4) is 0 Å². The smallest absolute Gasteiger partial charge is 0.279 e. The second-order valence-corrected chi connectivity index (χ2v) is 6.88. The summed E-state index contributed by atoms with van der Waals surface area (Å²) < 4.78 is 8.51. The van der Waals surface area contributed by atoms with Gasteiger partial charge in [0.05, 0.1) is 21.7 Å². The maximum absolute atomic E-state index is 12.6. The molecule has 1 heterocycles. The van der Waals surface area contributed by atoms with Gasteiger partial charge in [-0.2, -0.15) is 4.99 Å². The molecule has 0 N–H and O–H groups in total. The van der Waals surface area contributed by atoms with E-state index in [4.69, 9.17) is 4.74 Å². The van der Waals surface area contributed by atoms with Crippen molar-refractivity contribution in [1.82, 2.24) is 4.57 Å². The van der Waals surface area contributed by atoms with Gasteiger partial charge in [-0.15, -0.1) is 0 Å². The molecule has 7 nitrogen and oxygen atoms in total. The van der Waals surface area contributed by atoms with Crippen LogP contribution in [0, 0.1) is 17.0 Å². The number of aryl methyl sites for hydroxylation is 1. The Morgan fingerprint density at radius 1 is 1.26 bits per heavy atom. The van der Waals surface area contributed by atoms with Crippen molar-refractivity contribution in [2.24, 2.45) is 4.99 Å². The van der Waals surface area contributed by atoms with Gasteiger partial charge in [-0.1, -0.05) is 23.5 Å². The summed E-state index contributed by atoms with van der Waals surface area (Å²) in [6.45, 7) is 5.69. The van der Waals surface area contributed by atoms with Crippen LogP contribution < -0.4 is 4.80 Å². The normalized spacial score (nSPS) is 11.9. The highest BCUT2D eigenvalue weighted by Gasteiger charge is 2.12. The number of hydrogen-bond acceptors (Lipinski definition) is 5. The van der Waals surface area contributed by atoms with Crippen LogP contribution in [0.2, 0.25) is 0 Å². The third-order valence-electron chi connectivity index (χ3n) is 4.09. The highest BCUT2D eigenvalue weighted by Crippen LogP contribution is 2.21. The molecule has 1 amide bonds. The number of non-ortho nitro benzene ring substituents is 1. The van der Waals surface area contributed by atoms with Crippen LogP contribution in [0.15, 0.2) is 47.5 Å². The summed E-state index contributed by atoms with van der Waals surface area (Å²) in [5.41, 5.74) is 2.39. The summed E-state index contributed by atoms with van der Waals surface area (Å²) in [5.74, 6) is -0.431. The fourth-order valence-corrected chi connectivity index (χ4v) is 3.91. The number of carbonyl (C=O) groups is 1. The summed E-state index contributed by atoms with van der Waals surface area (Å²) in [6.07, 6.45) is 0. The van der Waals surface area contributed by atoms with E-state index in [1.807, 2.05) is 36.6 Å². The number of nitrogens with zero attached hydrogens (tertiary/aromatic N) is 3. The first kappa shape index (κ1) is 18.9. The van der Waals surface area contributed by atoms with Crippen molar-refractivity contribution in [3.8, 4) is 0 Å². The molecule has 0 fully saturated rings. The minimum absolute atomic E-state index is 0.0594. The number of rotatable bonds is 6. The van der Waals surface area contributed by atoms with E-state index < -0.39 is 10.8 Å². The Hall–Kier alpha value is -2.84. The highest BCUT2D eigenvalue weighted by molar-refractivity contribution is 7.16. The van der Waals surface area contributed by atoms with E-state index >= 15 is 0 Å². The molecular formula is C19H19N3O4S. The van der Waals surface area contributed by atoms with Crippen molar-refractivity contribution >= 4 is 33.1 Å². The van der Waals surface area contributed by atoms with E-state index in [1.54, 1.807) is 0 Å². The molecule has 27 heavy (non-hydrogen) atoms. The lowest BCUT2D eigenvalue weighted by molar-refractivity contribution is -0.384. The lowest BCUT2D eigenvalue weighted by atomic mass is 10.2. The number of nitro benzene ring substituents is 1. The molecule has 0 aliphatic heterocycles. The zero-order valence-electron chi connectivity index (χ0n) is 15.0. The molecule has 3 rings (SSSR count). The van der Waals surface area contributed by atoms with E-state index in [-0.39, 0.29) is 5.69 Å². The number of nitro groups is 1. The molecule has 0 atom stereocenters. The second-order valence-electron chi connectivity index (χ2n) is 5.88. The zero-order valence-corrected chi connectivity index (χ0v) is 15.9. The summed E-state index contributed by atoms with van der Waals surface area (Å²) in [4.78, 5) is 27.7. The third-order valence-corrected chi connectivity index (χ3v) is 5.13. The van der Waals surface area contributed by atoms with Crippen molar-refractivity contribution in [3.05, 3.63) is 68.5 Å². The molecule has 8 heteroatoms. The predicted octanol–water partition coefficient (Wildman–Crippen LogP) is 3.70. The van der Waals surface area contributed by atoms with Crippen LogP contribution in [0.1, 0.15) is 22.8 Å². The molecule has 0 radical (unpaired) electrons. The number of carbonyl (C=O) groups excluding carboxylic acids is 1. The lowest BCUT2D eigenvalue weighted by Crippen LogP contribution is -2.20. The lowest BCUT2D eigenvalue weighted by Gasteiger charge is -2.07. The Kier molecular flexibility index (Phi) is 5.78. The van der Waals surface area contributed by atoms with E-state index in [0.29, 0.717) is 30.1 Å². The van der Waals surface area contributed by atoms with Gasteiger partial charge in [-0.3, -0.25) is 14.9 Å². The fraction of sp³-hybridized carbons (Fsp3) is 0.263. The molecule has 1 aromatic heterocycles. The third kappa shape index (κ3) is 4.12. The van der Waals surface area contributed by atoms with Crippen LogP contribution in [0.4, 0.5) is 5.69 Å². The molecule has 0 aliphatic carbocycles. The molecule has 0 unspecified atom stereocenters. The van der Waals surface area contributed by atoms with Crippen LogP contribution in [-0.4, -0.2) is 28.6 Å². The first-order valence-electron chi connectivity index (χ1n) is 8.51. The summed E-state index contributed by atoms with van der Waals surface area (Å²) in [7, 11) is 0. The van der Waals surface area contributed by atoms with Gasteiger partial charge in [0, 0.05) is 30.8 Å². The molecular weight excluding hydrogens is 366 g/mol. The van der Waals surface area contributed by atoms with Gasteiger partial charge in [0.25, 0.3) is 11.6 Å². The first-order chi connectivity index (χ1) is 13.0. The topological polar surface area (TPSA) is 86.7 Å². The molecule has 2 aromatic carbocycles. The molecule has 0 spiro atoms. The van der Waals surface area contributed by atoms with Crippen molar-refractivity contribution in [2.75, 3.05) is 13.2 Å². The quantitative estimate of drug-likeness (QED) is 0.368. The predicted molar refractivity (Wildman–Crippen MR) is 104 cm³/mol. The summed E-state index contributed by atoms with van der Waals surface area (Å²) >= 11 is 1.44.